The van der Waals surface area contributed by atoms with Crippen molar-refractivity contribution < 1.29 is 23.9 Å². The van der Waals surface area contributed by atoms with Gasteiger partial charge in [0.25, 0.3) is 0 Å². The highest BCUT2D eigenvalue weighted by molar-refractivity contribution is 5.87. The van der Waals surface area contributed by atoms with Gasteiger partial charge < -0.3 is 19.2 Å². The summed E-state index contributed by atoms with van der Waals surface area (Å²) in [5, 5.41) is 4.15. The van der Waals surface area contributed by atoms with Crippen LogP contribution >= 0.6 is 0 Å². The number of hydrogen-bond acceptors (Lipinski definition) is 8. The maximum atomic E-state index is 14.2. The van der Waals surface area contributed by atoms with E-state index in [0.717, 1.165) is 38.4 Å². The number of aldehydes is 1. The van der Waals surface area contributed by atoms with E-state index in [9.17, 15) is 19.2 Å². The summed E-state index contributed by atoms with van der Waals surface area (Å²) in [4.78, 5) is 59.6. The van der Waals surface area contributed by atoms with Gasteiger partial charge in [-0.3, -0.25) is 9.59 Å². The molecule has 4 heterocycles. The minimum atomic E-state index is -0.708. The number of carbonyl (C=O) groups is 3. The first-order chi connectivity index (χ1) is 20.1. The Morgan fingerprint density at radius 1 is 1.05 bits per heavy atom. The van der Waals surface area contributed by atoms with Crippen molar-refractivity contribution in [3.05, 3.63) is 22.7 Å². The van der Waals surface area contributed by atoms with Crippen LogP contribution in [0.25, 0.3) is 5.65 Å². The Morgan fingerprint density at radius 2 is 1.86 bits per heavy atom. The summed E-state index contributed by atoms with van der Waals surface area (Å²) in [5.41, 5.74) is -0.467. The summed E-state index contributed by atoms with van der Waals surface area (Å²) in [6, 6.07) is 1.13. The molecule has 0 N–H and O–H groups in total. The lowest BCUT2D eigenvalue weighted by atomic mass is 9.77. The maximum absolute atomic E-state index is 14.2. The molecule has 11 heteroatoms. The molecule has 8 atom stereocenters. The summed E-state index contributed by atoms with van der Waals surface area (Å²) in [6.07, 6.45) is 7.99. The number of hydrogen-bond donors (Lipinski definition) is 0. The molecule has 42 heavy (non-hydrogen) atoms. The average molecular weight is 582 g/mol. The van der Waals surface area contributed by atoms with E-state index in [0.29, 0.717) is 36.4 Å². The number of carbonyl (C=O) groups excluding carboxylic acids is 3. The molecule has 1 amide bonds. The Labute approximate surface area is 245 Å². The average Bonchev–Trinajstić information content (AvgIpc) is 3.24. The maximum Gasteiger partial charge on any atom is 0.354 e. The minimum Gasteiger partial charge on any atom is -0.462 e. The Morgan fingerprint density at radius 3 is 2.60 bits per heavy atom. The number of amides is 1. The summed E-state index contributed by atoms with van der Waals surface area (Å²) in [7, 11) is 0. The molecule has 2 aliphatic heterocycles. The predicted octanol–water partition coefficient (Wildman–Crippen LogP) is 3.27. The van der Waals surface area contributed by atoms with Crippen LogP contribution in [0.5, 0.6) is 6.01 Å². The highest BCUT2D eigenvalue weighted by Gasteiger charge is 2.54. The number of aromatic nitrogens is 4. The smallest absolute Gasteiger partial charge is 0.354 e. The fraction of sp³-hybridized carbons (Fsp3) is 0.742. The van der Waals surface area contributed by atoms with Crippen molar-refractivity contribution in [2.75, 3.05) is 6.54 Å². The van der Waals surface area contributed by atoms with Gasteiger partial charge >= 0.3 is 17.7 Å². The highest BCUT2D eigenvalue weighted by Crippen LogP contribution is 2.58. The van der Waals surface area contributed by atoms with Gasteiger partial charge in [-0.1, -0.05) is 40.5 Å². The Kier molecular flexibility index (Phi) is 7.64. The molecule has 2 unspecified atom stereocenters. The Hall–Kier alpha value is -3.24. The van der Waals surface area contributed by atoms with Crippen molar-refractivity contribution in [1.82, 2.24) is 24.1 Å². The van der Waals surface area contributed by atoms with E-state index in [-0.39, 0.29) is 48.6 Å². The van der Waals surface area contributed by atoms with Crippen molar-refractivity contribution in [1.29, 1.82) is 0 Å². The first kappa shape index (κ1) is 28.9. The molecule has 6 rings (SSSR count). The number of rotatable bonds is 2. The van der Waals surface area contributed by atoms with E-state index >= 15 is 0 Å². The van der Waals surface area contributed by atoms with Crippen LogP contribution in [0.15, 0.2) is 17.1 Å². The van der Waals surface area contributed by atoms with E-state index in [1.165, 1.54) is 21.7 Å². The second-order valence-electron chi connectivity index (χ2n) is 13.8. The first-order valence-corrected chi connectivity index (χ1v) is 15.7. The van der Waals surface area contributed by atoms with Crippen LogP contribution in [0.4, 0.5) is 0 Å². The SMILES string of the molecule is CC[C@@H]1[C@@H]2CN(C(=O)[C@H](C(C)(C)C)CC(=O)O[C@@H]3CC4CC4[C@H]3CCCCCn3c(nc4ccnn4c3=O)O2)[C@@H]1C=O. The molecule has 1 saturated heterocycles. The number of ether oxygens (including phenoxy) is 2. The lowest BCUT2D eigenvalue weighted by Crippen LogP contribution is -2.46. The minimum absolute atomic E-state index is 0.0236. The van der Waals surface area contributed by atoms with Gasteiger partial charge in [0, 0.05) is 18.5 Å². The van der Waals surface area contributed by atoms with Crippen LogP contribution < -0.4 is 10.4 Å². The van der Waals surface area contributed by atoms with Gasteiger partial charge in [0.05, 0.1) is 31.1 Å². The molecule has 0 radical (unpaired) electrons. The van der Waals surface area contributed by atoms with E-state index in [1.54, 1.807) is 11.0 Å². The molecule has 3 fully saturated rings. The van der Waals surface area contributed by atoms with Gasteiger partial charge in [0.15, 0.2) is 5.65 Å². The molecule has 11 nitrogen and oxygen atoms in total. The molecule has 2 saturated carbocycles. The molecule has 228 valence electrons. The fourth-order valence-corrected chi connectivity index (χ4v) is 7.77. The van der Waals surface area contributed by atoms with Crippen molar-refractivity contribution >= 4 is 23.8 Å². The Bertz CT molecular complexity index is 1410. The molecule has 0 aromatic carbocycles. The summed E-state index contributed by atoms with van der Waals surface area (Å²) in [5.74, 6) is 0.0649. The van der Waals surface area contributed by atoms with Crippen LogP contribution in [0.1, 0.15) is 79.1 Å². The zero-order valence-electron chi connectivity index (χ0n) is 25.1. The van der Waals surface area contributed by atoms with Gasteiger partial charge in [-0.25, -0.2) is 9.36 Å². The number of esters is 1. The topological polar surface area (TPSA) is 125 Å². The van der Waals surface area contributed by atoms with Crippen LogP contribution in [0, 0.1) is 35.0 Å². The van der Waals surface area contributed by atoms with Gasteiger partial charge in [-0.15, -0.1) is 0 Å². The summed E-state index contributed by atoms with van der Waals surface area (Å²) < 4.78 is 15.4. The van der Waals surface area contributed by atoms with Crippen molar-refractivity contribution in [3.8, 4) is 6.01 Å². The van der Waals surface area contributed by atoms with Gasteiger partial charge in [0.1, 0.15) is 18.5 Å². The van der Waals surface area contributed by atoms with Crippen LogP contribution in [-0.4, -0.2) is 67.0 Å². The number of fused-ring (bicyclic) bond motifs is 7. The zero-order chi connectivity index (χ0) is 29.8. The third kappa shape index (κ3) is 5.24. The van der Waals surface area contributed by atoms with Crippen molar-refractivity contribution in [2.45, 2.75) is 104 Å². The lowest BCUT2D eigenvalue weighted by Gasteiger charge is -2.34. The summed E-state index contributed by atoms with van der Waals surface area (Å²) >= 11 is 0. The largest absolute Gasteiger partial charge is 0.462 e. The van der Waals surface area contributed by atoms with Crippen LogP contribution in [0.3, 0.4) is 0 Å². The molecule has 4 aliphatic rings. The van der Waals surface area contributed by atoms with Gasteiger partial charge in [-0.2, -0.15) is 14.6 Å². The van der Waals surface area contributed by atoms with Gasteiger partial charge in [-0.05, 0) is 55.3 Å². The monoisotopic (exact) mass is 581 g/mol. The molecular formula is C31H43N5O6. The Balaban J connectivity index is 1.36. The first-order valence-electron chi connectivity index (χ1n) is 15.7. The van der Waals surface area contributed by atoms with E-state index < -0.39 is 23.5 Å². The lowest BCUT2D eigenvalue weighted by molar-refractivity contribution is -0.158. The van der Waals surface area contributed by atoms with Crippen molar-refractivity contribution in [2.24, 2.45) is 35.0 Å². The molecule has 2 aromatic rings. The molecule has 2 aromatic heterocycles. The standard InChI is InChI=1S/C31H43N5O6/c1-5-19-23(17-37)35-16-25(19)42-29-33-26-10-11-32-36(26)30(40)34(29)12-8-6-7-9-20-21-13-18(21)14-24(20)41-27(38)15-22(28(35)39)31(2,3)4/h10-11,17-25H,5-9,12-16H2,1-4H3/t18?,19-,20+,21?,22+,23+,24+,25-/m0/s1. The molecule has 2 aliphatic carbocycles. The second kappa shape index (κ2) is 11.1. The third-order valence-corrected chi connectivity index (χ3v) is 10.2. The van der Waals surface area contributed by atoms with E-state index in [2.05, 4.69) is 10.1 Å². The van der Waals surface area contributed by atoms with E-state index in [1.807, 2.05) is 27.7 Å². The second-order valence-corrected chi connectivity index (χ2v) is 13.8. The normalized spacial score (nSPS) is 34.0. The third-order valence-electron chi connectivity index (χ3n) is 10.2. The van der Waals surface area contributed by atoms with Crippen LogP contribution in [0.2, 0.25) is 0 Å². The molecule has 2 bridgehead atoms. The fourth-order valence-electron chi connectivity index (χ4n) is 7.77. The van der Waals surface area contributed by atoms with Gasteiger partial charge in [0.2, 0.25) is 5.91 Å². The molecule has 0 spiro atoms. The number of nitrogens with zero attached hydrogens (tertiary/aromatic N) is 5. The predicted molar refractivity (Wildman–Crippen MR) is 153 cm³/mol. The molecular weight excluding hydrogens is 538 g/mol. The quantitative estimate of drug-likeness (QED) is 0.391. The zero-order valence-corrected chi connectivity index (χ0v) is 25.1. The highest BCUT2D eigenvalue weighted by atomic mass is 16.5. The van der Waals surface area contributed by atoms with Crippen LogP contribution in [-0.2, 0) is 25.7 Å². The van der Waals surface area contributed by atoms with E-state index in [4.69, 9.17) is 9.47 Å². The summed E-state index contributed by atoms with van der Waals surface area (Å²) in [6.45, 7) is 8.39. The van der Waals surface area contributed by atoms with Crippen molar-refractivity contribution in [3.63, 3.8) is 0 Å².